The van der Waals surface area contributed by atoms with Gasteiger partial charge in [-0.05, 0) is 110 Å². The largest absolute Gasteiger partial charge is 0.394 e. The van der Waals surface area contributed by atoms with Crippen molar-refractivity contribution >= 4 is 96.2 Å². The van der Waals surface area contributed by atoms with E-state index >= 15 is 0 Å². The lowest BCUT2D eigenvalue weighted by Crippen LogP contribution is -2.49. The van der Waals surface area contributed by atoms with Gasteiger partial charge in [-0.15, -0.1) is 0 Å². The van der Waals surface area contributed by atoms with Crippen LogP contribution in [-0.2, 0) is 51.2 Å². The monoisotopic (exact) mass is 1190 g/mol. The van der Waals surface area contributed by atoms with Gasteiger partial charge in [0, 0.05) is 111 Å². The molecule has 79 heavy (non-hydrogen) atoms. The van der Waals surface area contributed by atoms with Gasteiger partial charge in [0.1, 0.15) is 9.79 Å². The van der Waals surface area contributed by atoms with E-state index in [9.17, 15) is 26.4 Å². The number of sulfonamides is 2. The van der Waals surface area contributed by atoms with Gasteiger partial charge in [-0.2, -0.15) is 25.3 Å². The molecule has 0 unspecified atom stereocenters. The number of fused-ring (bicyclic) bond motifs is 2. The highest BCUT2D eigenvalue weighted by Crippen LogP contribution is 2.31. The van der Waals surface area contributed by atoms with E-state index in [0.717, 1.165) is 88.1 Å². The number of amides is 2. The normalized spacial score (nSPS) is 16.3. The average molecular weight is 1200 g/mol. The van der Waals surface area contributed by atoms with Crippen molar-refractivity contribution in [1.29, 1.82) is 0 Å². The third-order valence-corrected chi connectivity index (χ3v) is 15.1. The molecule has 26 nitrogen and oxygen atoms in total. The molecule has 0 spiro atoms. The predicted molar refractivity (Wildman–Crippen MR) is 291 cm³/mol. The highest BCUT2D eigenvalue weighted by molar-refractivity contribution is 7.93. The summed E-state index contributed by atoms with van der Waals surface area (Å²) in [5.41, 5.74) is 2.79. The van der Waals surface area contributed by atoms with E-state index in [1.54, 1.807) is 97.3 Å². The van der Waals surface area contributed by atoms with Gasteiger partial charge in [0.25, 0.3) is 31.9 Å². The van der Waals surface area contributed by atoms with Crippen LogP contribution in [0.2, 0.25) is 0 Å². The standard InChI is InChI=1S/2C24H26N4O3S.3H2O4S/c2*29-24(28-15-13-27(14-16-28)17-18-6-7-18)20-8-10-21(11-9-20)26-32(30,31)22-5-1-3-19-4-2-12-25-23(19)22;3*1-5(2,3)4/h2*1-5,8-12,18,26H,6-7,13-17H2;3*(H2,1,2,3,4). The van der Waals surface area contributed by atoms with Crippen molar-refractivity contribution in [3.63, 3.8) is 0 Å². The summed E-state index contributed by atoms with van der Waals surface area (Å²) in [5, 5.41) is 1.52. The van der Waals surface area contributed by atoms with Crippen LogP contribution >= 0.6 is 0 Å². The number of carbonyl (C=O) groups is 2. The van der Waals surface area contributed by atoms with Gasteiger partial charge < -0.3 is 9.80 Å². The first kappa shape index (κ1) is 61.9. The van der Waals surface area contributed by atoms with Crippen molar-refractivity contribution in [2.75, 3.05) is 74.9 Å². The number of carbonyl (C=O) groups excluding carboxylic acids is 2. The number of aromatic nitrogens is 2. The number of para-hydroxylation sites is 2. The second-order valence-corrected chi connectivity index (χ2v) is 24.4. The maximum absolute atomic E-state index is 13.0. The van der Waals surface area contributed by atoms with Gasteiger partial charge in [-0.25, -0.2) is 16.8 Å². The molecule has 2 amide bonds. The number of nitrogens with zero attached hydrogens (tertiary/aromatic N) is 6. The van der Waals surface area contributed by atoms with Gasteiger partial charge in [0.05, 0.1) is 11.0 Å². The van der Waals surface area contributed by atoms with E-state index in [0.29, 0.717) is 33.5 Å². The number of anilines is 2. The fourth-order valence-corrected chi connectivity index (χ4v) is 10.8. The summed E-state index contributed by atoms with van der Waals surface area (Å²) in [6.45, 7) is 8.90. The maximum atomic E-state index is 13.0. The smallest absolute Gasteiger partial charge is 0.336 e. The number of pyridine rings is 2. The molecule has 2 saturated heterocycles. The molecule has 0 atom stereocenters. The maximum Gasteiger partial charge on any atom is 0.394 e. The molecule has 8 N–H and O–H groups in total. The van der Waals surface area contributed by atoms with Gasteiger partial charge in [0.2, 0.25) is 0 Å². The number of piperazine rings is 2. The van der Waals surface area contributed by atoms with Crippen LogP contribution in [-0.4, -0.2) is 176 Å². The summed E-state index contributed by atoms with van der Waals surface area (Å²) in [5.74, 6) is 1.70. The lowest BCUT2D eigenvalue weighted by atomic mass is 10.1. The molecule has 10 rings (SSSR count). The van der Waals surface area contributed by atoms with Crippen molar-refractivity contribution in [3.05, 3.63) is 133 Å². The first-order valence-corrected chi connectivity index (χ1v) is 31.2. The molecule has 4 aliphatic rings. The van der Waals surface area contributed by atoms with Crippen LogP contribution in [0, 0.1) is 11.8 Å². The van der Waals surface area contributed by atoms with E-state index in [1.807, 2.05) is 34.1 Å². The lowest BCUT2D eigenvalue weighted by molar-refractivity contribution is 0.0625. The van der Waals surface area contributed by atoms with E-state index in [4.69, 9.17) is 52.6 Å². The van der Waals surface area contributed by atoms with Crippen molar-refractivity contribution < 1.29 is 79.0 Å². The lowest BCUT2D eigenvalue weighted by Gasteiger charge is -2.34. The van der Waals surface area contributed by atoms with Crippen LogP contribution in [0.15, 0.2) is 131 Å². The minimum atomic E-state index is -4.67. The summed E-state index contributed by atoms with van der Waals surface area (Å²) in [6, 6.07) is 30.6. The van der Waals surface area contributed by atoms with E-state index in [-0.39, 0.29) is 21.6 Å². The second kappa shape index (κ2) is 26.8. The molecule has 428 valence electrons. The van der Waals surface area contributed by atoms with Crippen LogP contribution in [0.3, 0.4) is 0 Å². The zero-order valence-electron chi connectivity index (χ0n) is 41.9. The van der Waals surface area contributed by atoms with Crippen LogP contribution in [0.4, 0.5) is 11.4 Å². The Labute approximate surface area is 457 Å². The first-order chi connectivity index (χ1) is 37.0. The molecule has 2 aromatic heterocycles. The van der Waals surface area contributed by atoms with E-state index in [2.05, 4.69) is 29.2 Å². The van der Waals surface area contributed by atoms with Crippen LogP contribution < -0.4 is 9.44 Å². The highest BCUT2D eigenvalue weighted by atomic mass is 32.3. The Bertz CT molecular complexity index is 3350. The molecule has 6 aromatic rings. The second-order valence-electron chi connectivity index (χ2n) is 18.4. The Morgan fingerprint density at radius 3 is 1.01 bits per heavy atom. The molecule has 2 aliphatic carbocycles. The average Bonchev–Trinajstić information content (AvgIpc) is 4.40. The van der Waals surface area contributed by atoms with Crippen molar-refractivity contribution in [2.45, 2.75) is 35.5 Å². The highest BCUT2D eigenvalue weighted by Gasteiger charge is 2.30. The zero-order chi connectivity index (χ0) is 57.8. The summed E-state index contributed by atoms with van der Waals surface area (Å²) >= 11 is 0. The Balaban J connectivity index is 0.000000203. The van der Waals surface area contributed by atoms with Crippen LogP contribution in [0.25, 0.3) is 21.8 Å². The van der Waals surface area contributed by atoms with Crippen LogP contribution in [0.1, 0.15) is 46.4 Å². The Morgan fingerprint density at radius 1 is 0.430 bits per heavy atom. The molecule has 4 fully saturated rings. The molecule has 0 bridgehead atoms. The Kier molecular flexibility index (Phi) is 21.0. The molecule has 2 aliphatic heterocycles. The van der Waals surface area contributed by atoms with Gasteiger partial charge in [-0.1, -0.05) is 36.4 Å². The summed E-state index contributed by atoms with van der Waals surface area (Å²) < 4.78 is 152. The van der Waals surface area contributed by atoms with Crippen molar-refractivity contribution in [2.24, 2.45) is 11.8 Å². The number of benzene rings is 4. The fraction of sp³-hybridized carbons (Fsp3) is 0.333. The minimum absolute atomic E-state index is 0.0104. The molecule has 4 heterocycles. The summed E-state index contributed by atoms with van der Waals surface area (Å²) in [4.78, 5) is 43.1. The van der Waals surface area contributed by atoms with Gasteiger partial charge in [-0.3, -0.25) is 66.1 Å². The summed E-state index contributed by atoms with van der Waals surface area (Å²) in [7, 11) is -21.6. The number of hydrogen-bond acceptors (Lipinski definition) is 16. The molecule has 0 radical (unpaired) electrons. The molecular weight excluding hydrogens is 1140 g/mol. The number of rotatable bonds is 12. The number of nitrogens with one attached hydrogen (secondary N) is 2. The first-order valence-electron chi connectivity index (χ1n) is 24.1. The predicted octanol–water partition coefficient (Wildman–Crippen LogP) is 4.45. The van der Waals surface area contributed by atoms with Crippen molar-refractivity contribution in [3.8, 4) is 0 Å². The third kappa shape index (κ3) is 21.3. The number of hydrogen-bond donors (Lipinski definition) is 8. The molecule has 4 aromatic carbocycles. The summed E-state index contributed by atoms with van der Waals surface area (Å²) in [6.07, 6.45) is 8.51. The van der Waals surface area contributed by atoms with Gasteiger partial charge in [0.15, 0.2) is 0 Å². The SMILES string of the molecule is O=C(c1ccc(NS(=O)(=O)c2cccc3cccnc23)cc1)N1CCN(CC2CC2)CC1.O=C(c1ccc(NS(=O)(=O)c2cccc3cccnc23)cc1)N1CCN(CC2CC2)CC1.O=S(=O)(O)O.O=S(=O)(O)O.O=S(=O)(O)O. The fourth-order valence-electron chi connectivity index (χ4n) is 8.33. The van der Waals surface area contributed by atoms with Crippen molar-refractivity contribution in [1.82, 2.24) is 29.6 Å². The molecule has 2 saturated carbocycles. The zero-order valence-corrected chi connectivity index (χ0v) is 46.0. The quantitative estimate of drug-likeness (QED) is 0.0785. The third-order valence-electron chi connectivity index (χ3n) is 12.3. The minimum Gasteiger partial charge on any atom is -0.336 e. The molecule has 31 heteroatoms. The van der Waals surface area contributed by atoms with E-state index < -0.39 is 51.2 Å². The Morgan fingerprint density at radius 2 is 0.722 bits per heavy atom. The Hall–Kier alpha value is -6.33. The van der Waals surface area contributed by atoms with Crippen LogP contribution in [0.5, 0.6) is 0 Å². The molecular formula is C48H58N8O18S5. The van der Waals surface area contributed by atoms with E-state index in [1.165, 1.54) is 25.7 Å². The topological polar surface area (TPSA) is 389 Å². The van der Waals surface area contributed by atoms with Gasteiger partial charge >= 0.3 is 31.2 Å².